The second-order valence-corrected chi connectivity index (χ2v) is 3.39. The van der Waals surface area contributed by atoms with E-state index in [4.69, 9.17) is 0 Å². The Kier molecular flexibility index (Phi) is 1.35. The van der Waals surface area contributed by atoms with Crippen LogP contribution in [0.2, 0.25) is 0 Å². The van der Waals surface area contributed by atoms with Gasteiger partial charge in [0.25, 0.3) is 0 Å². The highest BCUT2D eigenvalue weighted by atomic mass is 14.3. The maximum Gasteiger partial charge on any atom is 0.0138 e. The molecule has 0 aromatic heterocycles. The molecular formula is C11H12. The highest BCUT2D eigenvalue weighted by Crippen LogP contribution is 2.35. The summed E-state index contributed by atoms with van der Waals surface area (Å²) in [5.74, 6) is 0. The molecule has 1 aliphatic rings. The lowest BCUT2D eigenvalue weighted by atomic mass is 9.73. The Bertz CT molecular complexity index is 271. The first-order chi connectivity index (χ1) is 5.31. The van der Waals surface area contributed by atoms with Crippen LogP contribution in [0.15, 0.2) is 42.5 Å². The smallest absolute Gasteiger partial charge is 0.0138 e. The summed E-state index contributed by atoms with van der Waals surface area (Å²) in [6.07, 6.45) is 5.70. The SMILES string of the molecule is CC1(c2ccccc2)C=CC1. The molecule has 1 atom stereocenters. The van der Waals surface area contributed by atoms with Crippen LogP contribution in [0.4, 0.5) is 0 Å². The minimum Gasteiger partial charge on any atom is -0.0865 e. The fourth-order valence-corrected chi connectivity index (χ4v) is 1.50. The molecule has 0 heteroatoms. The van der Waals surface area contributed by atoms with Crippen molar-refractivity contribution in [3.8, 4) is 0 Å². The minimum absolute atomic E-state index is 0.335. The van der Waals surface area contributed by atoms with Crippen LogP contribution in [-0.4, -0.2) is 0 Å². The molecule has 1 aromatic rings. The predicted octanol–water partition coefficient (Wildman–Crippen LogP) is 2.90. The fourth-order valence-electron chi connectivity index (χ4n) is 1.50. The predicted molar refractivity (Wildman–Crippen MR) is 47.6 cm³/mol. The zero-order valence-electron chi connectivity index (χ0n) is 6.75. The summed E-state index contributed by atoms with van der Waals surface area (Å²) >= 11 is 0. The van der Waals surface area contributed by atoms with Crippen molar-refractivity contribution in [1.29, 1.82) is 0 Å². The van der Waals surface area contributed by atoms with Gasteiger partial charge in [-0.3, -0.25) is 0 Å². The highest BCUT2D eigenvalue weighted by Gasteiger charge is 2.26. The summed E-state index contributed by atoms with van der Waals surface area (Å²) in [5.41, 5.74) is 1.77. The molecule has 0 bridgehead atoms. The van der Waals surface area contributed by atoms with Gasteiger partial charge in [0.05, 0.1) is 0 Å². The third-order valence-corrected chi connectivity index (χ3v) is 2.46. The number of hydrogen-bond donors (Lipinski definition) is 0. The molecule has 0 heterocycles. The monoisotopic (exact) mass is 144 g/mol. The van der Waals surface area contributed by atoms with Crippen LogP contribution in [0, 0.1) is 0 Å². The molecule has 0 radical (unpaired) electrons. The van der Waals surface area contributed by atoms with E-state index in [0.29, 0.717) is 5.41 Å². The Labute approximate surface area is 67.6 Å². The molecule has 0 spiro atoms. The maximum atomic E-state index is 2.28. The Morgan fingerprint density at radius 3 is 2.27 bits per heavy atom. The van der Waals surface area contributed by atoms with Crippen LogP contribution in [0.3, 0.4) is 0 Å². The molecular weight excluding hydrogens is 132 g/mol. The van der Waals surface area contributed by atoms with Crippen LogP contribution in [0.1, 0.15) is 18.9 Å². The van der Waals surface area contributed by atoms with Crippen molar-refractivity contribution in [3.05, 3.63) is 48.0 Å². The Balaban J connectivity index is 2.37. The molecule has 0 amide bonds. The van der Waals surface area contributed by atoms with Gasteiger partial charge in [-0.25, -0.2) is 0 Å². The molecule has 1 unspecified atom stereocenters. The molecule has 0 aliphatic heterocycles. The van der Waals surface area contributed by atoms with E-state index in [9.17, 15) is 0 Å². The molecule has 11 heavy (non-hydrogen) atoms. The first-order valence-corrected chi connectivity index (χ1v) is 4.04. The quantitative estimate of drug-likeness (QED) is 0.532. The van der Waals surface area contributed by atoms with Gasteiger partial charge in [-0.15, -0.1) is 0 Å². The highest BCUT2D eigenvalue weighted by molar-refractivity contribution is 5.35. The zero-order chi connectivity index (χ0) is 7.73. The minimum atomic E-state index is 0.335. The molecule has 2 rings (SSSR count). The van der Waals surface area contributed by atoms with E-state index in [-0.39, 0.29) is 0 Å². The molecule has 0 N–H and O–H groups in total. The topological polar surface area (TPSA) is 0 Å². The van der Waals surface area contributed by atoms with E-state index in [2.05, 4.69) is 49.4 Å². The average molecular weight is 144 g/mol. The van der Waals surface area contributed by atoms with Gasteiger partial charge >= 0.3 is 0 Å². The van der Waals surface area contributed by atoms with Gasteiger partial charge in [0.1, 0.15) is 0 Å². The Morgan fingerprint density at radius 1 is 1.18 bits per heavy atom. The van der Waals surface area contributed by atoms with Crippen molar-refractivity contribution in [1.82, 2.24) is 0 Å². The number of rotatable bonds is 1. The Hall–Kier alpha value is -1.04. The number of allylic oxidation sites excluding steroid dienone is 2. The molecule has 0 saturated carbocycles. The van der Waals surface area contributed by atoms with Gasteiger partial charge in [0.2, 0.25) is 0 Å². The number of benzene rings is 1. The second kappa shape index (κ2) is 2.23. The third kappa shape index (κ3) is 0.988. The summed E-state index contributed by atoms with van der Waals surface area (Å²) < 4.78 is 0. The molecule has 0 fully saturated rings. The summed E-state index contributed by atoms with van der Waals surface area (Å²) in [7, 11) is 0. The van der Waals surface area contributed by atoms with Crippen molar-refractivity contribution in [2.75, 3.05) is 0 Å². The van der Waals surface area contributed by atoms with E-state index in [1.165, 1.54) is 12.0 Å². The normalized spacial score (nSPS) is 28.1. The third-order valence-electron chi connectivity index (χ3n) is 2.46. The molecule has 0 nitrogen and oxygen atoms in total. The standard InChI is InChI=1S/C11H12/c1-11(8-5-9-11)10-6-3-2-4-7-10/h2-8H,9H2,1H3. The van der Waals surface area contributed by atoms with Crippen molar-refractivity contribution in [2.45, 2.75) is 18.8 Å². The number of hydrogen-bond acceptors (Lipinski definition) is 0. The zero-order valence-corrected chi connectivity index (χ0v) is 6.75. The van der Waals surface area contributed by atoms with Crippen molar-refractivity contribution < 1.29 is 0 Å². The lowest BCUT2D eigenvalue weighted by Gasteiger charge is -2.31. The average Bonchev–Trinajstić information content (AvgIpc) is 2.02. The Morgan fingerprint density at radius 2 is 1.82 bits per heavy atom. The first kappa shape index (κ1) is 6.66. The van der Waals surface area contributed by atoms with Gasteiger partial charge in [-0.1, -0.05) is 49.4 Å². The maximum absolute atomic E-state index is 2.28. The van der Waals surface area contributed by atoms with Crippen molar-refractivity contribution in [3.63, 3.8) is 0 Å². The van der Waals surface area contributed by atoms with Crippen LogP contribution >= 0.6 is 0 Å². The van der Waals surface area contributed by atoms with Gasteiger partial charge in [-0.2, -0.15) is 0 Å². The first-order valence-electron chi connectivity index (χ1n) is 4.04. The summed E-state index contributed by atoms with van der Waals surface area (Å²) in [4.78, 5) is 0. The summed E-state index contributed by atoms with van der Waals surface area (Å²) in [5, 5.41) is 0. The van der Waals surface area contributed by atoms with Gasteiger partial charge in [0.15, 0.2) is 0 Å². The second-order valence-electron chi connectivity index (χ2n) is 3.39. The van der Waals surface area contributed by atoms with Crippen LogP contribution < -0.4 is 0 Å². The van der Waals surface area contributed by atoms with Gasteiger partial charge in [-0.05, 0) is 12.0 Å². The lowest BCUT2D eigenvalue weighted by molar-refractivity contribution is 0.554. The van der Waals surface area contributed by atoms with Crippen molar-refractivity contribution >= 4 is 0 Å². The fraction of sp³-hybridized carbons (Fsp3) is 0.273. The summed E-state index contributed by atoms with van der Waals surface area (Å²) in [6.45, 7) is 2.28. The van der Waals surface area contributed by atoms with Crippen LogP contribution in [-0.2, 0) is 5.41 Å². The van der Waals surface area contributed by atoms with E-state index in [1.807, 2.05) is 0 Å². The van der Waals surface area contributed by atoms with E-state index >= 15 is 0 Å². The van der Waals surface area contributed by atoms with E-state index < -0.39 is 0 Å². The molecule has 1 aromatic carbocycles. The van der Waals surface area contributed by atoms with Crippen molar-refractivity contribution in [2.24, 2.45) is 0 Å². The molecule has 56 valence electrons. The molecule has 1 aliphatic carbocycles. The van der Waals surface area contributed by atoms with Crippen LogP contribution in [0.25, 0.3) is 0 Å². The molecule has 0 saturated heterocycles. The van der Waals surface area contributed by atoms with E-state index in [0.717, 1.165) is 0 Å². The summed E-state index contributed by atoms with van der Waals surface area (Å²) in [6, 6.07) is 10.7. The van der Waals surface area contributed by atoms with Gasteiger partial charge in [0, 0.05) is 5.41 Å². The van der Waals surface area contributed by atoms with Crippen LogP contribution in [0.5, 0.6) is 0 Å². The lowest BCUT2D eigenvalue weighted by Crippen LogP contribution is -2.23. The largest absolute Gasteiger partial charge is 0.0865 e. The van der Waals surface area contributed by atoms with E-state index in [1.54, 1.807) is 0 Å². The van der Waals surface area contributed by atoms with Gasteiger partial charge < -0.3 is 0 Å².